The third-order valence-electron chi connectivity index (χ3n) is 7.15. The van der Waals surface area contributed by atoms with Crippen LogP contribution in [0.25, 0.3) is 22.0 Å². The minimum atomic E-state index is 0.0555. The molecule has 0 spiro atoms. The van der Waals surface area contributed by atoms with Gasteiger partial charge in [-0.05, 0) is 98.9 Å². The molecule has 186 valence electrons. The van der Waals surface area contributed by atoms with Crippen LogP contribution in [0.1, 0.15) is 62.9 Å². The SMILES string of the molecule is CC1(C)CC(CC(=O)c2ccc(COc3cccc(-c4ccc5[nH]ccc5c4)c3)cc2)CC(C)(C)N1. The van der Waals surface area contributed by atoms with Gasteiger partial charge >= 0.3 is 0 Å². The van der Waals surface area contributed by atoms with E-state index >= 15 is 0 Å². The minimum Gasteiger partial charge on any atom is -0.489 e. The van der Waals surface area contributed by atoms with Gasteiger partial charge in [-0.3, -0.25) is 4.79 Å². The minimum absolute atomic E-state index is 0.0555. The number of fused-ring (bicyclic) bond motifs is 1. The standard InChI is InChI=1S/C32H36N2O2/c1-31(2)19-23(20-32(3,4)34-31)16-30(35)24-10-8-22(9-11-24)21-36-28-7-5-6-25(18-28)26-12-13-29-27(17-26)14-15-33-29/h5-15,17-18,23,33-34H,16,19-21H2,1-4H3. The molecule has 5 rings (SSSR count). The number of ether oxygens (including phenoxy) is 1. The number of aromatic amines is 1. The van der Waals surface area contributed by atoms with E-state index in [1.54, 1.807) is 0 Å². The highest BCUT2D eigenvalue weighted by Gasteiger charge is 2.38. The van der Waals surface area contributed by atoms with Crippen LogP contribution in [-0.4, -0.2) is 21.8 Å². The van der Waals surface area contributed by atoms with Crippen molar-refractivity contribution in [3.63, 3.8) is 0 Å². The number of carbonyl (C=O) groups excluding carboxylic acids is 1. The first-order valence-corrected chi connectivity index (χ1v) is 12.9. The zero-order chi connectivity index (χ0) is 25.3. The average molecular weight is 481 g/mol. The molecule has 0 aliphatic carbocycles. The zero-order valence-electron chi connectivity index (χ0n) is 21.7. The number of hydrogen-bond donors (Lipinski definition) is 2. The van der Waals surface area contributed by atoms with Crippen LogP contribution < -0.4 is 10.1 Å². The van der Waals surface area contributed by atoms with Crippen LogP contribution in [0.4, 0.5) is 0 Å². The maximum Gasteiger partial charge on any atom is 0.163 e. The van der Waals surface area contributed by atoms with Gasteiger partial charge in [0, 0.05) is 34.8 Å². The van der Waals surface area contributed by atoms with Crippen LogP contribution in [-0.2, 0) is 6.61 Å². The Labute approximate surface area is 214 Å². The second kappa shape index (κ2) is 9.59. The molecular weight excluding hydrogens is 444 g/mol. The molecule has 1 fully saturated rings. The lowest BCUT2D eigenvalue weighted by Gasteiger charge is -2.46. The van der Waals surface area contributed by atoms with Crippen LogP contribution in [0.2, 0.25) is 0 Å². The van der Waals surface area contributed by atoms with Gasteiger partial charge in [0.2, 0.25) is 0 Å². The van der Waals surface area contributed by atoms with Gasteiger partial charge in [0.15, 0.2) is 5.78 Å². The average Bonchev–Trinajstić information content (AvgIpc) is 3.29. The van der Waals surface area contributed by atoms with E-state index in [-0.39, 0.29) is 16.9 Å². The van der Waals surface area contributed by atoms with Crippen LogP contribution in [0.15, 0.2) is 79.0 Å². The first-order valence-electron chi connectivity index (χ1n) is 12.9. The fourth-order valence-electron chi connectivity index (χ4n) is 6.01. The van der Waals surface area contributed by atoms with Crippen molar-refractivity contribution in [3.05, 3.63) is 90.1 Å². The summed E-state index contributed by atoms with van der Waals surface area (Å²) in [5.41, 5.74) is 5.37. The molecule has 1 aliphatic rings. The Balaban J connectivity index is 1.20. The normalized spacial score (nSPS) is 17.2. The summed E-state index contributed by atoms with van der Waals surface area (Å²) in [5, 5.41) is 4.90. The second-order valence-electron chi connectivity index (χ2n) is 11.6. The molecule has 0 saturated carbocycles. The van der Waals surface area contributed by atoms with Crippen molar-refractivity contribution in [2.75, 3.05) is 0 Å². The molecule has 0 amide bonds. The highest BCUT2D eigenvalue weighted by atomic mass is 16.5. The van der Waals surface area contributed by atoms with Crippen LogP contribution in [0.3, 0.4) is 0 Å². The number of rotatable bonds is 7. The van der Waals surface area contributed by atoms with Gasteiger partial charge < -0.3 is 15.0 Å². The van der Waals surface area contributed by atoms with Gasteiger partial charge in [-0.2, -0.15) is 0 Å². The van der Waals surface area contributed by atoms with E-state index in [9.17, 15) is 4.79 Å². The van der Waals surface area contributed by atoms with Crippen molar-refractivity contribution in [2.24, 2.45) is 5.92 Å². The van der Waals surface area contributed by atoms with Crippen molar-refractivity contribution in [1.29, 1.82) is 0 Å². The van der Waals surface area contributed by atoms with Crippen LogP contribution in [0, 0.1) is 5.92 Å². The molecule has 3 aromatic carbocycles. The van der Waals surface area contributed by atoms with Crippen molar-refractivity contribution in [1.82, 2.24) is 10.3 Å². The molecule has 0 radical (unpaired) electrons. The summed E-state index contributed by atoms with van der Waals surface area (Å²) < 4.78 is 6.10. The highest BCUT2D eigenvalue weighted by Crippen LogP contribution is 2.35. The zero-order valence-corrected chi connectivity index (χ0v) is 21.7. The third kappa shape index (κ3) is 5.71. The number of hydrogen-bond acceptors (Lipinski definition) is 3. The molecule has 0 atom stereocenters. The monoisotopic (exact) mass is 480 g/mol. The Morgan fingerprint density at radius 2 is 1.61 bits per heavy atom. The summed E-state index contributed by atoms with van der Waals surface area (Å²) in [6, 6.07) is 24.6. The molecular formula is C32H36N2O2. The number of piperidine rings is 1. The number of Topliss-reactive ketones (excluding diaryl/α,β-unsaturated/α-hetero) is 1. The molecule has 0 unspecified atom stereocenters. The van der Waals surface area contributed by atoms with Gasteiger partial charge in [-0.15, -0.1) is 0 Å². The Morgan fingerprint density at radius 3 is 2.36 bits per heavy atom. The number of ketones is 1. The summed E-state index contributed by atoms with van der Waals surface area (Å²) in [5.74, 6) is 1.46. The van der Waals surface area contributed by atoms with E-state index in [2.05, 4.69) is 74.4 Å². The quantitative estimate of drug-likeness (QED) is 0.269. The second-order valence-corrected chi connectivity index (χ2v) is 11.6. The molecule has 4 heteroatoms. The summed E-state index contributed by atoms with van der Waals surface area (Å²) in [7, 11) is 0. The molecule has 1 aromatic heterocycles. The van der Waals surface area contributed by atoms with E-state index in [4.69, 9.17) is 4.74 Å². The van der Waals surface area contributed by atoms with Gasteiger partial charge in [0.1, 0.15) is 12.4 Å². The maximum absolute atomic E-state index is 13.0. The number of carbonyl (C=O) groups is 1. The number of aromatic nitrogens is 1. The van der Waals surface area contributed by atoms with Gasteiger partial charge in [-0.1, -0.05) is 42.5 Å². The van der Waals surface area contributed by atoms with Crippen LogP contribution >= 0.6 is 0 Å². The molecule has 1 aliphatic heterocycles. The largest absolute Gasteiger partial charge is 0.489 e. The lowest BCUT2D eigenvalue weighted by Crippen LogP contribution is -2.57. The lowest BCUT2D eigenvalue weighted by molar-refractivity contribution is 0.0864. The number of H-pyrrole nitrogens is 1. The molecule has 2 heterocycles. The predicted octanol–water partition coefficient (Wildman–Crippen LogP) is 7.54. The van der Waals surface area contributed by atoms with Crippen LogP contribution in [0.5, 0.6) is 5.75 Å². The number of benzene rings is 3. The van der Waals surface area contributed by atoms with E-state index in [0.717, 1.165) is 46.4 Å². The third-order valence-corrected chi connectivity index (χ3v) is 7.15. The Bertz CT molecular complexity index is 1350. The summed E-state index contributed by atoms with van der Waals surface area (Å²) in [6.07, 6.45) is 4.60. The highest BCUT2D eigenvalue weighted by molar-refractivity contribution is 5.96. The Kier molecular flexibility index (Phi) is 6.48. The topological polar surface area (TPSA) is 54.1 Å². The summed E-state index contributed by atoms with van der Waals surface area (Å²) in [4.78, 5) is 16.2. The predicted molar refractivity (Wildman–Crippen MR) is 147 cm³/mol. The van der Waals surface area contributed by atoms with E-state index in [1.807, 2.05) is 42.6 Å². The maximum atomic E-state index is 13.0. The van der Waals surface area contributed by atoms with Crippen molar-refractivity contribution < 1.29 is 9.53 Å². The van der Waals surface area contributed by atoms with E-state index in [0.29, 0.717) is 18.9 Å². The Hall–Kier alpha value is -3.37. The van der Waals surface area contributed by atoms with Gasteiger partial charge in [-0.25, -0.2) is 0 Å². The smallest absolute Gasteiger partial charge is 0.163 e. The van der Waals surface area contributed by atoms with Crippen molar-refractivity contribution in [3.8, 4) is 16.9 Å². The van der Waals surface area contributed by atoms with E-state index < -0.39 is 0 Å². The summed E-state index contributed by atoms with van der Waals surface area (Å²) in [6.45, 7) is 9.39. The molecule has 4 aromatic rings. The molecule has 0 bridgehead atoms. The first-order chi connectivity index (χ1) is 17.2. The number of nitrogens with one attached hydrogen (secondary N) is 2. The van der Waals surface area contributed by atoms with Gasteiger partial charge in [0.25, 0.3) is 0 Å². The van der Waals surface area contributed by atoms with Crippen molar-refractivity contribution in [2.45, 2.75) is 64.6 Å². The molecule has 1 saturated heterocycles. The van der Waals surface area contributed by atoms with Crippen molar-refractivity contribution >= 4 is 16.7 Å². The molecule has 2 N–H and O–H groups in total. The first kappa shape index (κ1) is 24.3. The Morgan fingerprint density at radius 1 is 0.889 bits per heavy atom. The fraction of sp³-hybridized carbons (Fsp3) is 0.344. The molecule has 36 heavy (non-hydrogen) atoms. The van der Waals surface area contributed by atoms with E-state index in [1.165, 1.54) is 5.39 Å². The lowest BCUT2D eigenvalue weighted by atomic mass is 9.74. The molecule has 4 nitrogen and oxygen atoms in total. The summed E-state index contributed by atoms with van der Waals surface area (Å²) >= 11 is 0. The van der Waals surface area contributed by atoms with Gasteiger partial charge in [0.05, 0.1) is 0 Å². The fourth-order valence-corrected chi connectivity index (χ4v) is 6.01.